The maximum absolute atomic E-state index is 13.3. The molecule has 1 aliphatic rings. The van der Waals surface area contributed by atoms with Crippen molar-refractivity contribution in [3.63, 3.8) is 0 Å². The van der Waals surface area contributed by atoms with Crippen LogP contribution in [0.25, 0.3) is 6.08 Å². The molecular formula is C26H18BrCl2IN2O4. The van der Waals surface area contributed by atoms with Crippen LogP contribution in [0.4, 0.5) is 10.5 Å². The predicted octanol–water partition coefficient (Wildman–Crippen LogP) is 7.02. The lowest BCUT2D eigenvalue weighted by molar-refractivity contribution is -0.122. The molecule has 1 saturated heterocycles. The number of hydrogen-bond acceptors (Lipinski definition) is 4. The van der Waals surface area contributed by atoms with E-state index in [0.717, 1.165) is 24.1 Å². The normalized spacial score (nSPS) is 14.9. The first kappa shape index (κ1) is 26.7. The summed E-state index contributed by atoms with van der Waals surface area (Å²) in [5, 5.41) is 2.66. The Morgan fingerprint density at radius 1 is 1.06 bits per heavy atom. The van der Waals surface area contributed by atoms with Crippen molar-refractivity contribution < 1.29 is 19.1 Å². The third-order valence-corrected chi connectivity index (χ3v) is 7.85. The van der Waals surface area contributed by atoms with E-state index in [2.05, 4.69) is 43.8 Å². The van der Waals surface area contributed by atoms with Crippen molar-refractivity contribution in [1.82, 2.24) is 5.32 Å². The van der Waals surface area contributed by atoms with Gasteiger partial charge in [0.15, 0.2) is 0 Å². The van der Waals surface area contributed by atoms with Gasteiger partial charge in [0, 0.05) is 20.0 Å². The Morgan fingerprint density at radius 2 is 1.81 bits per heavy atom. The predicted molar refractivity (Wildman–Crippen MR) is 153 cm³/mol. The SMILES string of the molecule is CCOc1cc(/C=C2\C(=O)NC(=O)N(c3ccc(Cl)c(Cl)c3)C2=O)cc(I)c1Cc1ccccc1Br. The van der Waals surface area contributed by atoms with Crippen LogP contribution in [0.3, 0.4) is 0 Å². The van der Waals surface area contributed by atoms with E-state index in [1.807, 2.05) is 37.3 Å². The van der Waals surface area contributed by atoms with E-state index in [1.54, 1.807) is 6.07 Å². The summed E-state index contributed by atoms with van der Waals surface area (Å²) in [6, 6.07) is 15.1. The zero-order valence-electron chi connectivity index (χ0n) is 18.8. The van der Waals surface area contributed by atoms with Gasteiger partial charge in [0.2, 0.25) is 0 Å². The van der Waals surface area contributed by atoms with Gasteiger partial charge >= 0.3 is 6.03 Å². The summed E-state index contributed by atoms with van der Waals surface area (Å²) in [5.41, 5.74) is 2.66. The molecule has 0 unspecified atom stereocenters. The van der Waals surface area contributed by atoms with Crippen LogP contribution in [0.1, 0.15) is 23.6 Å². The molecule has 0 bridgehead atoms. The van der Waals surface area contributed by atoms with Crippen LogP contribution in [-0.4, -0.2) is 24.5 Å². The first-order chi connectivity index (χ1) is 17.2. The second-order valence-electron chi connectivity index (χ2n) is 7.74. The summed E-state index contributed by atoms with van der Waals surface area (Å²) in [6.45, 7) is 2.33. The first-order valence-electron chi connectivity index (χ1n) is 10.7. The number of benzene rings is 3. The van der Waals surface area contributed by atoms with Crippen LogP contribution in [-0.2, 0) is 16.0 Å². The number of halogens is 4. The number of rotatable bonds is 6. The Morgan fingerprint density at radius 3 is 2.50 bits per heavy atom. The molecule has 0 radical (unpaired) electrons. The number of ether oxygens (including phenoxy) is 1. The van der Waals surface area contributed by atoms with Crippen LogP contribution in [0, 0.1) is 3.57 Å². The molecule has 4 amide bonds. The van der Waals surface area contributed by atoms with E-state index < -0.39 is 17.8 Å². The second-order valence-corrected chi connectivity index (χ2v) is 10.6. The highest BCUT2D eigenvalue weighted by atomic mass is 127. The summed E-state index contributed by atoms with van der Waals surface area (Å²) in [6.07, 6.45) is 2.08. The highest BCUT2D eigenvalue weighted by Gasteiger charge is 2.37. The molecule has 0 spiro atoms. The van der Waals surface area contributed by atoms with Gasteiger partial charge in [-0.3, -0.25) is 14.9 Å². The van der Waals surface area contributed by atoms with Gasteiger partial charge in [0.25, 0.3) is 11.8 Å². The molecule has 0 aromatic heterocycles. The number of hydrogen-bond donors (Lipinski definition) is 1. The van der Waals surface area contributed by atoms with Crippen molar-refractivity contribution in [1.29, 1.82) is 0 Å². The molecule has 0 atom stereocenters. The number of nitrogens with one attached hydrogen (secondary N) is 1. The van der Waals surface area contributed by atoms with Crippen molar-refractivity contribution in [2.75, 3.05) is 11.5 Å². The van der Waals surface area contributed by atoms with Crippen molar-refractivity contribution in [2.24, 2.45) is 0 Å². The smallest absolute Gasteiger partial charge is 0.335 e. The Hall–Kier alpha value is -2.40. The standard InChI is InChI=1S/C26H18BrCl2IN2O4/c1-2-36-23-11-14(10-22(30)17(23)12-15-5-3-4-6-19(15)27)9-18-24(33)31-26(35)32(25(18)34)16-7-8-20(28)21(29)13-16/h3-11,13H,2,12H2,1H3,(H,31,33,35)/b18-9+. The van der Waals surface area contributed by atoms with Gasteiger partial charge in [-0.25, -0.2) is 9.69 Å². The molecule has 184 valence electrons. The Kier molecular flexibility index (Phi) is 8.39. The van der Waals surface area contributed by atoms with Crippen molar-refractivity contribution in [2.45, 2.75) is 13.3 Å². The van der Waals surface area contributed by atoms with Gasteiger partial charge in [0.05, 0.1) is 22.3 Å². The Balaban J connectivity index is 1.73. The summed E-state index contributed by atoms with van der Waals surface area (Å²) >= 11 is 17.8. The maximum Gasteiger partial charge on any atom is 0.335 e. The lowest BCUT2D eigenvalue weighted by atomic mass is 10.0. The molecule has 4 rings (SSSR count). The fraction of sp³-hybridized carbons (Fsp3) is 0.115. The number of urea groups is 1. The highest BCUT2D eigenvalue weighted by Crippen LogP contribution is 2.33. The number of carbonyl (C=O) groups is 3. The lowest BCUT2D eigenvalue weighted by Crippen LogP contribution is -2.54. The van der Waals surface area contributed by atoms with Crippen molar-refractivity contribution >= 4 is 91.3 Å². The number of amides is 4. The zero-order chi connectivity index (χ0) is 26.0. The Labute approximate surface area is 239 Å². The molecule has 0 aliphatic carbocycles. The second kappa shape index (κ2) is 11.3. The molecule has 0 saturated carbocycles. The van der Waals surface area contributed by atoms with Gasteiger partial charge in [-0.1, -0.05) is 57.3 Å². The van der Waals surface area contributed by atoms with Crippen LogP contribution in [0.5, 0.6) is 5.75 Å². The highest BCUT2D eigenvalue weighted by molar-refractivity contribution is 14.1. The molecule has 1 fully saturated rings. The minimum atomic E-state index is -0.867. The van der Waals surface area contributed by atoms with E-state index in [-0.39, 0.29) is 21.3 Å². The van der Waals surface area contributed by atoms with Gasteiger partial charge in [-0.15, -0.1) is 0 Å². The minimum Gasteiger partial charge on any atom is -0.494 e. The number of barbiturate groups is 1. The van der Waals surface area contributed by atoms with Crippen LogP contribution >= 0.6 is 61.7 Å². The lowest BCUT2D eigenvalue weighted by Gasteiger charge is -2.26. The summed E-state index contributed by atoms with van der Waals surface area (Å²) < 4.78 is 7.82. The van der Waals surface area contributed by atoms with Gasteiger partial charge in [-0.2, -0.15) is 0 Å². The zero-order valence-corrected chi connectivity index (χ0v) is 24.0. The molecule has 36 heavy (non-hydrogen) atoms. The van der Waals surface area contributed by atoms with E-state index in [1.165, 1.54) is 24.3 Å². The van der Waals surface area contributed by atoms with Gasteiger partial charge < -0.3 is 4.74 Å². The van der Waals surface area contributed by atoms with E-state index in [9.17, 15) is 14.4 Å². The quantitative estimate of drug-likeness (QED) is 0.171. The topological polar surface area (TPSA) is 75.7 Å². The number of nitrogens with zero attached hydrogens (tertiary/aromatic N) is 1. The summed E-state index contributed by atoms with van der Waals surface area (Å²) in [4.78, 5) is 39.2. The van der Waals surface area contributed by atoms with Crippen LogP contribution in [0.2, 0.25) is 10.0 Å². The maximum atomic E-state index is 13.3. The first-order valence-corrected chi connectivity index (χ1v) is 13.4. The largest absolute Gasteiger partial charge is 0.494 e. The molecule has 1 heterocycles. The molecule has 3 aromatic rings. The Bertz CT molecular complexity index is 1430. The van der Waals surface area contributed by atoms with Crippen LogP contribution in [0.15, 0.2) is 64.6 Å². The summed E-state index contributed by atoms with van der Waals surface area (Å²) in [5.74, 6) is -0.910. The molecule has 10 heteroatoms. The third kappa shape index (κ3) is 5.61. The number of imide groups is 2. The molecular weight excluding hydrogens is 682 g/mol. The molecule has 1 N–H and O–H groups in total. The van der Waals surface area contributed by atoms with Crippen LogP contribution < -0.4 is 15.0 Å². The van der Waals surface area contributed by atoms with E-state index in [4.69, 9.17) is 27.9 Å². The molecule has 1 aliphatic heterocycles. The van der Waals surface area contributed by atoms with Crippen molar-refractivity contribution in [3.8, 4) is 5.75 Å². The molecule has 6 nitrogen and oxygen atoms in total. The van der Waals surface area contributed by atoms with Crippen molar-refractivity contribution in [3.05, 3.63) is 94.9 Å². The van der Waals surface area contributed by atoms with Gasteiger partial charge in [-0.05, 0) is 83.1 Å². The fourth-order valence-electron chi connectivity index (χ4n) is 3.69. The fourth-order valence-corrected chi connectivity index (χ4v) is 5.22. The average Bonchev–Trinajstić information content (AvgIpc) is 2.82. The molecule has 3 aromatic carbocycles. The number of anilines is 1. The third-order valence-electron chi connectivity index (χ3n) is 5.38. The van der Waals surface area contributed by atoms with Gasteiger partial charge in [0.1, 0.15) is 11.3 Å². The average molecular weight is 700 g/mol. The van der Waals surface area contributed by atoms with E-state index >= 15 is 0 Å². The van der Waals surface area contributed by atoms with E-state index in [0.29, 0.717) is 24.3 Å². The monoisotopic (exact) mass is 698 g/mol. The minimum absolute atomic E-state index is 0.175. The summed E-state index contributed by atoms with van der Waals surface area (Å²) in [7, 11) is 0. The number of carbonyl (C=O) groups excluding carboxylic acids is 3.